The monoisotopic (exact) mass is 232 g/mol. The normalized spacial score (nSPS) is 36.4. The Hall–Kier alpha value is -1.02. The highest BCUT2D eigenvalue weighted by molar-refractivity contribution is 5.38. The zero-order valence-corrected chi connectivity index (χ0v) is 10.4. The summed E-state index contributed by atoms with van der Waals surface area (Å²) in [5.41, 5.74) is 0.858. The summed E-state index contributed by atoms with van der Waals surface area (Å²) in [4.78, 5) is 0. The van der Waals surface area contributed by atoms with Crippen LogP contribution in [0.25, 0.3) is 0 Å². The van der Waals surface area contributed by atoms with Gasteiger partial charge in [-0.2, -0.15) is 0 Å². The van der Waals surface area contributed by atoms with Crippen LogP contribution in [0.3, 0.4) is 0 Å². The summed E-state index contributed by atoms with van der Waals surface area (Å²) in [5, 5.41) is 10.3. The van der Waals surface area contributed by atoms with Gasteiger partial charge in [-0.05, 0) is 37.7 Å². The minimum Gasteiger partial charge on any atom is -0.487 e. The predicted octanol–water partition coefficient (Wildman–Crippen LogP) is 3.45. The Kier molecular flexibility index (Phi) is 2.62. The molecule has 3 rings (SSSR count). The molecule has 0 radical (unpaired) electrons. The molecule has 1 heterocycles. The van der Waals surface area contributed by atoms with Crippen LogP contribution >= 0.6 is 0 Å². The lowest BCUT2D eigenvalue weighted by Crippen LogP contribution is -2.43. The van der Waals surface area contributed by atoms with E-state index < -0.39 is 0 Å². The Morgan fingerprint density at radius 1 is 1.24 bits per heavy atom. The van der Waals surface area contributed by atoms with E-state index >= 15 is 0 Å². The van der Waals surface area contributed by atoms with Gasteiger partial charge in [0, 0.05) is 12.0 Å². The molecule has 1 aliphatic heterocycles. The first-order valence-electron chi connectivity index (χ1n) is 6.65. The lowest BCUT2D eigenvalue weighted by Gasteiger charge is -2.44. The molecule has 2 nitrogen and oxygen atoms in total. The molecule has 1 aliphatic carbocycles. The summed E-state index contributed by atoms with van der Waals surface area (Å²) < 4.78 is 6.22. The first-order valence-corrected chi connectivity index (χ1v) is 6.65. The van der Waals surface area contributed by atoms with E-state index in [-0.39, 0.29) is 11.7 Å². The molecular weight excluding hydrogens is 212 g/mol. The van der Waals surface area contributed by atoms with Crippen molar-refractivity contribution < 1.29 is 9.84 Å². The zero-order valence-electron chi connectivity index (χ0n) is 10.4. The molecule has 0 bridgehead atoms. The largest absolute Gasteiger partial charge is 0.487 e. The summed E-state index contributed by atoms with van der Waals surface area (Å²) >= 11 is 0. The molecule has 1 aromatic carbocycles. The Morgan fingerprint density at radius 2 is 1.94 bits per heavy atom. The Morgan fingerprint density at radius 3 is 2.71 bits per heavy atom. The number of benzene rings is 1. The maximum Gasteiger partial charge on any atom is 0.125 e. The van der Waals surface area contributed by atoms with E-state index in [1.807, 2.05) is 24.3 Å². The van der Waals surface area contributed by atoms with Gasteiger partial charge in [-0.25, -0.2) is 0 Å². The number of hydrogen-bond acceptors (Lipinski definition) is 2. The number of rotatable bonds is 0. The first kappa shape index (κ1) is 11.1. The molecule has 1 spiro atoms. The highest BCUT2D eigenvalue weighted by Gasteiger charge is 2.42. The quantitative estimate of drug-likeness (QED) is 0.742. The predicted molar refractivity (Wildman–Crippen MR) is 67.0 cm³/mol. The molecule has 17 heavy (non-hydrogen) atoms. The van der Waals surface area contributed by atoms with Gasteiger partial charge in [0.15, 0.2) is 0 Å². The van der Waals surface area contributed by atoms with E-state index in [1.165, 1.54) is 12.8 Å². The van der Waals surface area contributed by atoms with E-state index in [2.05, 4.69) is 6.92 Å². The van der Waals surface area contributed by atoms with Crippen LogP contribution in [0.15, 0.2) is 24.3 Å². The second-order valence-electron chi connectivity index (χ2n) is 5.73. The molecule has 0 amide bonds. The van der Waals surface area contributed by atoms with Crippen molar-refractivity contribution in [1.29, 1.82) is 0 Å². The van der Waals surface area contributed by atoms with Gasteiger partial charge in [0.2, 0.25) is 0 Å². The summed E-state index contributed by atoms with van der Waals surface area (Å²) in [7, 11) is 0. The third-order valence-corrected chi connectivity index (χ3v) is 4.36. The number of hydrogen-bond donors (Lipinski definition) is 1. The van der Waals surface area contributed by atoms with Crippen molar-refractivity contribution in [1.82, 2.24) is 0 Å². The SMILES string of the molecule is CC1CCC2(CC1)CC(O)c1ccccc1O2. The van der Waals surface area contributed by atoms with Gasteiger partial charge >= 0.3 is 0 Å². The van der Waals surface area contributed by atoms with Gasteiger partial charge in [-0.3, -0.25) is 0 Å². The van der Waals surface area contributed by atoms with E-state index in [9.17, 15) is 5.11 Å². The maximum absolute atomic E-state index is 10.3. The molecule has 92 valence electrons. The maximum atomic E-state index is 10.3. The number of aliphatic hydroxyl groups is 1. The molecule has 1 fully saturated rings. The van der Waals surface area contributed by atoms with E-state index in [4.69, 9.17) is 4.74 Å². The fourth-order valence-corrected chi connectivity index (χ4v) is 3.18. The van der Waals surface area contributed by atoms with Crippen LogP contribution in [0.4, 0.5) is 0 Å². The summed E-state index contributed by atoms with van der Waals surface area (Å²) in [5.74, 6) is 1.69. The van der Waals surface area contributed by atoms with Gasteiger partial charge < -0.3 is 9.84 Å². The van der Waals surface area contributed by atoms with Crippen molar-refractivity contribution in [3.63, 3.8) is 0 Å². The van der Waals surface area contributed by atoms with E-state index in [1.54, 1.807) is 0 Å². The highest BCUT2D eigenvalue weighted by Crippen LogP contribution is 2.46. The fraction of sp³-hybridized carbons (Fsp3) is 0.600. The molecule has 2 heteroatoms. The molecule has 1 unspecified atom stereocenters. The molecule has 0 aromatic heterocycles. The first-order chi connectivity index (χ1) is 8.19. The summed E-state index contributed by atoms with van der Waals surface area (Å²) in [6.45, 7) is 2.31. The topological polar surface area (TPSA) is 29.5 Å². The molecule has 1 N–H and O–H groups in total. The van der Waals surface area contributed by atoms with Crippen LogP contribution in [0, 0.1) is 5.92 Å². The number of ether oxygens (including phenoxy) is 1. The fourth-order valence-electron chi connectivity index (χ4n) is 3.18. The van der Waals surface area contributed by atoms with E-state index in [0.29, 0.717) is 0 Å². The molecule has 1 atom stereocenters. The minimum absolute atomic E-state index is 0.0969. The average molecular weight is 232 g/mol. The van der Waals surface area contributed by atoms with Crippen molar-refractivity contribution in [2.75, 3.05) is 0 Å². The number of fused-ring (bicyclic) bond motifs is 1. The van der Waals surface area contributed by atoms with Crippen molar-refractivity contribution in [2.45, 2.75) is 50.7 Å². The van der Waals surface area contributed by atoms with E-state index in [0.717, 1.165) is 36.5 Å². The van der Waals surface area contributed by atoms with Gasteiger partial charge in [-0.1, -0.05) is 25.1 Å². The Bertz CT molecular complexity index is 405. The van der Waals surface area contributed by atoms with Crippen LogP contribution in [0.5, 0.6) is 5.75 Å². The standard InChI is InChI=1S/C15H20O2/c1-11-6-8-15(9-7-11)10-13(16)12-4-2-3-5-14(12)17-15/h2-5,11,13,16H,6-10H2,1H3. The van der Waals surface area contributed by atoms with Gasteiger partial charge in [0.05, 0.1) is 6.10 Å². The van der Waals surface area contributed by atoms with Crippen LogP contribution in [-0.2, 0) is 0 Å². The zero-order chi connectivity index (χ0) is 11.9. The molecule has 2 aliphatic rings. The lowest BCUT2D eigenvalue weighted by molar-refractivity contribution is -0.0454. The summed E-state index contributed by atoms with van der Waals surface area (Å²) in [6, 6.07) is 7.90. The Labute approximate surface area is 103 Å². The lowest BCUT2D eigenvalue weighted by atomic mass is 9.74. The van der Waals surface area contributed by atoms with Crippen LogP contribution < -0.4 is 4.74 Å². The van der Waals surface area contributed by atoms with Gasteiger partial charge in [0.25, 0.3) is 0 Å². The van der Waals surface area contributed by atoms with Gasteiger partial charge in [-0.15, -0.1) is 0 Å². The molecular formula is C15H20O2. The van der Waals surface area contributed by atoms with Crippen LogP contribution in [0.1, 0.15) is 50.7 Å². The second-order valence-corrected chi connectivity index (χ2v) is 5.73. The minimum atomic E-state index is -0.353. The van der Waals surface area contributed by atoms with Crippen molar-refractivity contribution in [3.05, 3.63) is 29.8 Å². The second kappa shape index (κ2) is 4.02. The van der Waals surface area contributed by atoms with Crippen LogP contribution in [-0.4, -0.2) is 10.7 Å². The number of aliphatic hydroxyl groups excluding tert-OH is 1. The van der Waals surface area contributed by atoms with Crippen molar-refractivity contribution >= 4 is 0 Å². The summed E-state index contributed by atoms with van der Waals surface area (Å²) in [6.07, 6.45) is 5.01. The average Bonchev–Trinajstić information content (AvgIpc) is 2.34. The van der Waals surface area contributed by atoms with Crippen molar-refractivity contribution in [2.24, 2.45) is 5.92 Å². The highest BCUT2D eigenvalue weighted by atomic mass is 16.5. The number of para-hydroxylation sites is 1. The Balaban J connectivity index is 1.88. The molecule has 1 aromatic rings. The molecule has 0 saturated heterocycles. The van der Waals surface area contributed by atoms with Crippen LogP contribution in [0.2, 0.25) is 0 Å². The third kappa shape index (κ3) is 1.95. The smallest absolute Gasteiger partial charge is 0.125 e. The molecule has 1 saturated carbocycles. The third-order valence-electron chi connectivity index (χ3n) is 4.36. The van der Waals surface area contributed by atoms with Crippen molar-refractivity contribution in [3.8, 4) is 5.75 Å². The van der Waals surface area contributed by atoms with Gasteiger partial charge in [0.1, 0.15) is 11.4 Å².